The smallest absolute Gasteiger partial charge is 0.343 e. The molecule has 0 atom stereocenters. The lowest BCUT2D eigenvalue weighted by molar-refractivity contribution is 0.0526. The largest absolute Gasteiger partial charge is 0.462 e. The van der Waals surface area contributed by atoms with E-state index in [1.54, 1.807) is 18.3 Å². The molecule has 0 saturated heterocycles. The number of aromatic nitrogens is 3. The average Bonchev–Trinajstić information content (AvgIpc) is 3.15. The lowest BCUT2D eigenvalue weighted by atomic mass is 10.1. The van der Waals surface area contributed by atoms with Crippen molar-refractivity contribution in [2.75, 3.05) is 24.7 Å². The van der Waals surface area contributed by atoms with E-state index in [2.05, 4.69) is 49.9 Å². The van der Waals surface area contributed by atoms with Crippen molar-refractivity contribution in [2.45, 2.75) is 25.4 Å². The molecule has 0 bridgehead atoms. The van der Waals surface area contributed by atoms with Gasteiger partial charge in [0, 0.05) is 23.7 Å². The van der Waals surface area contributed by atoms with E-state index >= 15 is 0 Å². The molecule has 0 aliphatic carbocycles. The van der Waals surface area contributed by atoms with Crippen LogP contribution in [0.15, 0.2) is 41.0 Å². The summed E-state index contributed by atoms with van der Waals surface area (Å²) < 4.78 is 5.09. The predicted octanol–water partition coefficient (Wildman–Crippen LogP) is 4.46. The highest BCUT2D eigenvalue weighted by molar-refractivity contribution is 7.98. The summed E-state index contributed by atoms with van der Waals surface area (Å²) in [5, 5.41) is 6.99. The maximum Gasteiger partial charge on any atom is 0.343 e. The van der Waals surface area contributed by atoms with Gasteiger partial charge in [-0.15, -0.1) is 11.3 Å². The Labute approximate surface area is 172 Å². The molecule has 1 N–H and O–H groups in total. The summed E-state index contributed by atoms with van der Waals surface area (Å²) in [6.07, 6.45) is 4.22. The topological polar surface area (TPSA) is 77.0 Å². The highest BCUT2D eigenvalue weighted by Crippen LogP contribution is 2.22. The van der Waals surface area contributed by atoms with Gasteiger partial charge >= 0.3 is 5.97 Å². The summed E-state index contributed by atoms with van der Waals surface area (Å²) in [6.45, 7) is 4.74. The van der Waals surface area contributed by atoms with Crippen LogP contribution in [0.25, 0.3) is 11.3 Å². The maximum atomic E-state index is 12.1. The Kier molecular flexibility index (Phi) is 7.00. The molecular formula is C20H22N4O2S2. The quantitative estimate of drug-likeness (QED) is 0.331. The van der Waals surface area contributed by atoms with E-state index in [4.69, 9.17) is 4.74 Å². The van der Waals surface area contributed by atoms with Crippen LogP contribution in [0, 0.1) is 6.92 Å². The molecule has 0 aliphatic heterocycles. The molecule has 28 heavy (non-hydrogen) atoms. The molecule has 0 aliphatic rings. The first kappa shape index (κ1) is 20.3. The maximum absolute atomic E-state index is 12.1. The zero-order chi connectivity index (χ0) is 19.9. The Hall–Kier alpha value is -2.45. The second kappa shape index (κ2) is 9.66. The molecule has 2 aromatic heterocycles. The van der Waals surface area contributed by atoms with Crippen molar-refractivity contribution in [2.24, 2.45) is 0 Å². The fourth-order valence-electron chi connectivity index (χ4n) is 2.62. The summed E-state index contributed by atoms with van der Waals surface area (Å²) in [5.74, 6) is 0.0907. The zero-order valence-corrected chi connectivity index (χ0v) is 17.7. The van der Waals surface area contributed by atoms with Gasteiger partial charge < -0.3 is 10.1 Å². The van der Waals surface area contributed by atoms with Crippen molar-refractivity contribution >= 4 is 34.9 Å². The number of aryl methyl sites for hydroxylation is 1. The molecule has 0 amide bonds. The number of ether oxygens (including phenoxy) is 1. The van der Waals surface area contributed by atoms with Crippen molar-refractivity contribution in [3.05, 3.63) is 52.0 Å². The number of nitrogens with zero attached hydrogens (tertiary/aromatic N) is 3. The molecular weight excluding hydrogens is 392 g/mol. The highest BCUT2D eigenvalue weighted by atomic mass is 32.2. The van der Waals surface area contributed by atoms with Crippen molar-refractivity contribution in [3.63, 3.8) is 0 Å². The molecule has 6 nitrogen and oxygen atoms in total. The van der Waals surface area contributed by atoms with Crippen molar-refractivity contribution in [3.8, 4) is 11.3 Å². The van der Waals surface area contributed by atoms with Gasteiger partial charge in [-0.05, 0) is 32.1 Å². The van der Waals surface area contributed by atoms with Crippen LogP contribution in [-0.4, -0.2) is 40.3 Å². The first-order valence-electron chi connectivity index (χ1n) is 8.94. The van der Waals surface area contributed by atoms with Gasteiger partial charge in [-0.3, -0.25) is 0 Å². The molecule has 0 radical (unpaired) electrons. The fraction of sp³-hybridized carbons (Fsp3) is 0.300. The molecule has 0 fully saturated rings. The third-order valence-corrected chi connectivity index (χ3v) is 5.35. The highest BCUT2D eigenvalue weighted by Gasteiger charge is 2.15. The molecule has 0 saturated carbocycles. The van der Waals surface area contributed by atoms with E-state index in [9.17, 15) is 4.79 Å². The number of thioether (sulfide) groups is 1. The summed E-state index contributed by atoms with van der Waals surface area (Å²) in [6, 6.07) is 8.38. The van der Waals surface area contributed by atoms with Gasteiger partial charge in [-0.25, -0.2) is 19.7 Å². The lowest BCUT2D eigenvalue weighted by Gasteiger charge is -2.11. The number of thiazole rings is 1. The Morgan fingerprint density at radius 2 is 2.04 bits per heavy atom. The number of esters is 1. The SMILES string of the molecule is CCOC(=O)c1cnc(SC)nc1NCCc1ccc(-c2csc(C)n2)cc1. The van der Waals surface area contributed by atoms with Crippen LogP contribution in [0.1, 0.15) is 27.9 Å². The van der Waals surface area contributed by atoms with E-state index in [1.807, 2.05) is 13.2 Å². The normalized spacial score (nSPS) is 10.7. The van der Waals surface area contributed by atoms with E-state index in [0.717, 1.165) is 22.7 Å². The average molecular weight is 415 g/mol. The summed E-state index contributed by atoms with van der Waals surface area (Å²) >= 11 is 3.08. The third-order valence-electron chi connectivity index (χ3n) is 4.02. The Balaban J connectivity index is 1.65. The predicted molar refractivity (Wildman–Crippen MR) is 114 cm³/mol. The molecule has 2 heterocycles. The standard InChI is InChI=1S/C20H22N4O2S2/c1-4-26-19(25)16-11-22-20(27-3)24-18(16)21-10-9-14-5-7-15(8-6-14)17-12-28-13(2)23-17/h5-8,11-12H,4,9-10H2,1-3H3,(H,21,22,24). The second-order valence-corrected chi connectivity index (χ2v) is 7.80. The Bertz CT molecular complexity index is 942. The van der Waals surface area contributed by atoms with Gasteiger partial charge in [0.1, 0.15) is 11.4 Å². The van der Waals surface area contributed by atoms with Crippen LogP contribution in [0.5, 0.6) is 0 Å². The van der Waals surface area contributed by atoms with Crippen molar-refractivity contribution in [1.29, 1.82) is 0 Å². The van der Waals surface area contributed by atoms with Gasteiger partial charge in [-0.1, -0.05) is 36.0 Å². The van der Waals surface area contributed by atoms with Gasteiger partial charge in [-0.2, -0.15) is 0 Å². The summed E-state index contributed by atoms with van der Waals surface area (Å²) in [7, 11) is 0. The molecule has 0 spiro atoms. The van der Waals surface area contributed by atoms with Gasteiger partial charge in [0.2, 0.25) is 0 Å². The van der Waals surface area contributed by atoms with E-state index in [1.165, 1.54) is 23.5 Å². The van der Waals surface area contributed by atoms with Crippen LogP contribution in [0.4, 0.5) is 5.82 Å². The fourth-order valence-corrected chi connectivity index (χ4v) is 3.58. The van der Waals surface area contributed by atoms with Crippen molar-refractivity contribution in [1.82, 2.24) is 15.0 Å². The number of rotatable bonds is 8. The van der Waals surface area contributed by atoms with Crippen molar-refractivity contribution < 1.29 is 9.53 Å². The number of anilines is 1. The first-order chi connectivity index (χ1) is 13.6. The number of benzene rings is 1. The van der Waals surface area contributed by atoms with Crippen LogP contribution < -0.4 is 5.32 Å². The van der Waals surface area contributed by atoms with E-state index in [0.29, 0.717) is 29.7 Å². The van der Waals surface area contributed by atoms with E-state index in [-0.39, 0.29) is 0 Å². The van der Waals surface area contributed by atoms with Gasteiger partial charge in [0.05, 0.1) is 17.3 Å². The first-order valence-corrected chi connectivity index (χ1v) is 11.0. The minimum Gasteiger partial charge on any atom is -0.462 e. The number of nitrogens with one attached hydrogen (secondary N) is 1. The second-order valence-electron chi connectivity index (χ2n) is 5.96. The van der Waals surface area contributed by atoms with Gasteiger partial charge in [0.25, 0.3) is 0 Å². The Morgan fingerprint density at radius 3 is 2.68 bits per heavy atom. The molecule has 146 valence electrons. The Morgan fingerprint density at radius 1 is 1.25 bits per heavy atom. The molecule has 3 aromatic rings. The molecule has 0 unspecified atom stereocenters. The van der Waals surface area contributed by atoms with Crippen LogP contribution in [0.3, 0.4) is 0 Å². The summed E-state index contributed by atoms with van der Waals surface area (Å²) in [5.41, 5.74) is 3.68. The third kappa shape index (κ3) is 5.08. The number of hydrogen-bond acceptors (Lipinski definition) is 8. The molecule has 1 aromatic carbocycles. The monoisotopic (exact) mass is 414 g/mol. The number of hydrogen-bond donors (Lipinski definition) is 1. The molecule has 3 rings (SSSR count). The lowest BCUT2D eigenvalue weighted by Crippen LogP contribution is -2.14. The number of carbonyl (C=O) groups excluding carboxylic acids is 1. The number of carbonyl (C=O) groups is 1. The van der Waals surface area contributed by atoms with Crippen LogP contribution >= 0.6 is 23.1 Å². The molecule has 8 heteroatoms. The van der Waals surface area contributed by atoms with Crippen LogP contribution in [0.2, 0.25) is 0 Å². The van der Waals surface area contributed by atoms with Gasteiger partial charge in [0.15, 0.2) is 5.16 Å². The van der Waals surface area contributed by atoms with E-state index < -0.39 is 5.97 Å². The minimum absolute atomic E-state index is 0.313. The zero-order valence-electron chi connectivity index (χ0n) is 16.1. The van der Waals surface area contributed by atoms with Crippen LogP contribution in [-0.2, 0) is 11.2 Å². The minimum atomic E-state index is -0.416. The summed E-state index contributed by atoms with van der Waals surface area (Å²) in [4.78, 5) is 25.2.